The lowest BCUT2D eigenvalue weighted by Crippen LogP contribution is -2.43. The molecule has 1 aliphatic rings. The molecule has 1 aliphatic heterocycles. The maximum Gasteiger partial charge on any atom is 0.419 e. The molecule has 33 heavy (non-hydrogen) atoms. The van der Waals surface area contributed by atoms with E-state index in [1.807, 2.05) is 0 Å². The number of nitrogens with one attached hydrogen (secondary N) is 2. The van der Waals surface area contributed by atoms with Gasteiger partial charge in [-0.25, -0.2) is 13.2 Å². The highest BCUT2D eigenvalue weighted by molar-refractivity contribution is 7.89. The number of carbonyl (C=O) groups excluding carboxylic acids is 2. The van der Waals surface area contributed by atoms with Crippen molar-refractivity contribution in [2.45, 2.75) is 24.7 Å². The number of sulfonamides is 1. The summed E-state index contributed by atoms with van der Waals surface area (Å²) in [5.41, 5.74) is 1.86. The van der Waals surface area contributed by atoms with Crippen molar-refractivity contribution in [1.29, 1.82) is 0 Å². The molecular weight excluding hydrogens is 448 g/mol. The van der Waals surface area contributed by atoms with Crippen molar-refractivity contribution < 1.29 is 22.4 Å². The maximum atomic E-state index is 13.2. The zero-order valence-electron chi connectivity index (χ0n) is 18.2. The van der Waals surface area contributed by atoms with E-state index in [9.17, 15) is 22.8 Å². The largest absolute Gasteiger partial charge is 0.419 e. The van der Waals surface area contributed by atoms with E-state index in [0.717, 1.165) is 0 Å². The zero-order chi connectivity index (χ0) is 23.8. The van der Waals surface area contributed by atoms with Gasteiger partial charge in [0.1, 0.15) is 0 Å². The highest BCUT2D eigenvalue weighted by Crippen LogP contribution is 2.27. The third-order valence-electron chi connectivity index (χ3n) is 5.63. The molecule has 2 N–H and O–H groups in total. The molecule has 1 atom stereocenters. The molecule has 2 heterocycles. The first-order valence-corrected chi connectivity index (χ1v) is 11.9. The Kier molecular flexibility index (Phi) is 6.09. The second-order valence-electron chi connectivity index (χ2n) is 8.01. The lowest BCUT2D eigenvalue weighted by molar-refractivity contribution is -0.121. The molecule has 1 aromatic heterocycles. The number of hydrogen-bond donors (Lipinski definition) is 2. The topological polar surface area (TPSA) is 131 Å². The van der Waals surface area contributed by atoms with Gasteiger partial charge in [-0.15, -0.1) is 0 Å². The predicted molar refractivity (Wildman–Crippen MR) is 122 cm³/mol. The van der Waals surface area contributed by atoms with Crippen LogP contribution in [0.1, 0.15) is 19.8 Å². The van der Waals surface area contributed by atoms with Crippen molar-refractivity contribution in [2.75, 3.05) is 23.7 Å². The molecule has 2 amide bonds. The average molecular weight is 473 g/mol. The van der Waals surface area contributed by atoms with Gasteiger partial charge in [-0.1, -0.05) is 0 Å². The lowest BCUT2D eigenvalue weighted by atomic mass is 9.98. The Morgan fingerprint density at radius 2 is 1.73 bits per heavy atom. The standard InChI is InChI=1S/C22H24N4O6S/c1-14(27)23-16-5-7-17(8-6-16)24-21(28)15-4-3-11-26(13-15)33(30,31)18-9-10-19-20(12-18)32-22(29)25(19)2/h5-10,12,15H,3-4,11,13H2,1-2H3,(H,23,27)(H,24,28). The number of piperidine rings is 1. The number of anilines is 2. The number of rotatable bonds is 5. The molecule has 1 fully saturated rings. The minimum absolute atomic E-state index is 0.0129. The van der Waals surface area contributed by atoms with Crippen molar-refractivity contribution in [3.8, 4) is 0 Å². The molecule has 1 unspecified atom stereocenters. The SMILES string of the molecule is CC(=O)Nc1ccc(NC(=O)C2CCCN(S(=O)(=O)c3ccc4c(c3)oc(=O)n4C)C2)cc1. The van der Waals surface area contributed by atoms with Crippen molar-refractivity contribution in [1.82, 2.24) is 8.87 Å². The quantitative estimate of drug-likeness (QED) is 0.585. The Bertz CT molecular complexity index is 1370. The molecule has 0 bridgehead atoms. The van der Waals surface area contributed by atoms with Gasteiger partial charge in [0.05, 0.1) is 16.3 Å². The average Bonchev–Trinajstić information content (AvgIpc) is 3.07. The first-order valence-electron chi connectivity index (χ1n) is 10.4. The Morgan fingerprint density at radius 3 is 2.39 bits per heavy atom. The van der Waals surface area contributed by atoms with E-state index in [0.29, 0.717) is 36.3 Å². The number of aryl methyl sites for hydroxylation is 1. The van der Waals surface area contributed by atoms with Gasteiger partial charge in [-0.05, 0) is 49.2 Å². The highest BCUT2D eigenvalue weighted by atomic mass is 32.2. The Balaban J connectivity index is 1.47. The summed E-state index contributed by atoms with van der Waals surface area (Å²) in [5, 5.41) is 5.46. The molecule has 4 rings (SSSR count). The fourth-order valence-electron chi connectivity index (χ4n) is 3.88. The summed E-state index contributed by atoms with van der Waals surface area (Å²) in [4.78, 5) is 35.6. The second kappa shape index (κ2) is 8.83. The number of amides is 2. The van der Waals surface area contributed by atoms with Crippen molar-refractivity contribution in [3.63, 3.8) is 0 Å². The third-order valence-corrected chi connectivity index (χ3v) is 7.49. The molecule has 0 radical (unpaired) electrons. The number of fused-ring (bicyclic) bond motifs is 1. The summed E-state index contributed by atoms with van der Waals surface area (Å²) in [6, 6.07) is 11.0. The summed E-state index contributed by atoms with van der Waals surface area (Å²) in [6.07, 6.45) is 1.11. The van der Waals surface area contributed by atoms with Crippen LogP contribution in [0.15, 0.2) is 56.6 Å². The van der Waals surface area contributed by atoms with Crippen LogP contribution in [-0.2, 0) is 26.7 Å². The number of aromatic nitrogens is 1. The van der Waals surface area contributed by atoms with E-state index < -0.39 is 21.7 Å². The zero-order valence-corrected chi connectivity index (χ0v) is 19.0. The van der Waals surface area contributed by atoms with Gasteiger partial charge in [0.15, 0.2) is 5.58 Å². The molecule has 2 aromatic carbocycles. The summed E-state index contributed by atoms with van der Waals surface area (Å²) in [7, 11) is -2.33. The first-order chi connectivity index (χ1) is 15.6. The Labute approximate surface area is 190 Å². The van der Waals surface area contributed by atoms with Crippen molar-refractivity contribution in [3.05, 3.63) is 53.0 Å². The highest BCUT2D eigenvalue weighted by Gasteiger charge is 2.33. The van der Waals surface area contributed by atoms with Crippen LogP contribution in [0, 0.1) is 5.92 Å². The lowest BCUT2D eigenvalue weighted by Gasteiger charge is -2.31. The van der Waals surface area contributed by atoms with Crippen LogP contribution in [0.5, 0.6) is 0 Å². The third kappa shape index (κ3) is 4.69. The molecule has 11 heteroatoms. The number of oxazole rings is 1. The van der Waals surface area contributed by atoms with Crippen LogP contribution in [0.25, 0.3) is 11.1 Å². The number of nitrogens with zero attached hydrogens (tertiary/aromatic N) is 2. The summed E-state index contributed by atoms with van der Waals surface area (Å²) in [6.45, 7) is 1.76. The molecular formula is C22H24N4O6S. The van der Waals surface area contributed by atoms with Crippen LogP contribution in [0.3, 0.4) is 0 Å². The summed E-state index contributed by atoms with van der Waals surface area (Å²) < 4.78 is 34.1. The number of hydrogen-bond acceptors (Lipinski definition) is 6. The minimum Gasteiger partial charge on any atom is -0.408 e. The molecule has 10 nitrogen and oxygen atoms in total. The van der Waals surface area contributed by atoms with Crippen molar-refractivity contribution >= 4 is 44.3 Å². The van der Waals surface area contributed by atoms with Gasteiger partial charge in [0.2, 0.25) is 21.8 Å². The van der Waals surface area contributed by atoms with Gasteiger partial charge in [-0.2, -0.15) is 4.31 Å². The van der Waals surface area contributed by atoms with Gasteiger partial charge in [-0.3, -0.25) is 14.2 Å². The monoisotopic (exact) mass is 472 g/mol. The van der Waals surface area contributed by atoms with Gasteiger partial charge in [0, 0.05) is 44.5 Å². The summed E-state index contributed by atoms with van der Waals surface area (Å²) in [5.74, 6) is -1.54. The van der Waals surface area contributed by atoms with Gasteiger partial charge >= 0.3 is 5.76 Å². The smallest absolute Gasteiger partial charge is 0.408 e. The van der Waals surface area contributed by atoms with Crippen LogP contribution in [0.4, 0.5) is 11.4 Å². The molecule has 0 aliphatic carbocycles. The van der Waals surface area contributed by atoms with Crippen molar-refractivity contribution in [2.24, 2.45) is 13.0 Å². The number of carbonyl (C=O) groups is 2. The summed E-state index contributed by atoms with van der Waals surface area (Å²) >= 11 is 0. The van der Waals surface area contributed by atoms with Crippen LogP contribution in [0.2, 0.25) is 0 Å². The van der Waals surface area contributed by atoms with Gasteiger partial charge in [0.25, 0.3) is 0 Å². The Hall–Kier alpha value is -3.44. The fourth-order valence-corrected chi connectivity index (χ4v) is 5.42. The second-order valence-corrected chi connectivity index (χ2v) is 9.94. The van der Waals surface area contributed by atoms with Crippen LogP contribution in [-0.4, -0.2) is 42.2 Å². The van der Waals surface area contributed by atoms with Crippen LogP contribution >= 0.6 is 0 Å². The van der Waals surface area contributed by atoms with Gasteiger partial charge < -0.3 is 15.1 Å². The first kappa shape index (κ1) is 22.7. The molecule has 0 spiro atoms. The van der Waals surface area contributed by atoms with Crippen LogP contribution < -0.4 is 16.4 Å². The maximum absolute atomic E-state index is 13.2. The minimum atomic E-state index is -3.87. The molecule has 174 valence electrons. The van der Waals surface area contributed by atoms with E-state index in [1.54, 1.807) is 31.3 Å². The van der Waals surface area contributed by atoms with E-state index in [1.165, 1.54) is 34.0 Å². The molecule has 3 aromatic rings. The Morgan fingerprint density at radius 1 is 1.06 bits per heavy atom. The predicted octanol–water partition coefficient (Wildman–Crippen LogP) is 2.13. The fraction of sp³-hybridized carbons (Fsp3) is 0.318. The van der Waals surface area contributed by atoms with E-state index in [-0.39, 0.29) is 28.8 Å². The van der Waals surface area contributed by atoms with E-state index in [4.69, 9.17) is 4.42 Å². The molecule has 0 saturated carbocycles. The van der Waals surface area contributed by atoms with E-state index >= 15 is 0 Å². The van der Waals surface area contributed by atoms with E-state index in [2.05, 4.69) is 10.6 Å². The normalized spacial score (nSPS) is 17.1. The number of benzene rings is 2. The molecule has 1 saturated heterocycles.